The molecule has 0 amide bonds. The van der Waals surface area contributed by atoms with Crippen molar-refractivity contribution in [2.75, 3.05) is 16.8 Å². The minimum atomic E-state index is -2.35. The van der Waals surface area contributed by atoms with E-state index in [4.69, 9.17) is 0 Å². The summed E-state index contributed by atoms with van der Waals surface area (Å²) in [4.78, 5) is 0.610. The van der Waals surface area contributed by atoms with Crippen LogP contribution in [-0.2, 0) is 0 Å². The van der Waals surface area contributed by atoms with E-state index in [1.807, 2.05) is 23.9 Å². The molecule has 0 spiro atoms. The van der Waals surface area contributed by atoms with Crippen molar-refractivity contribution < 1.29 is 8.78 Å². The molecule has 1 aromatic carbocycles. The van der Waals surface area contributed by atoms with Crippen molar-refractivity contribution in [3.63, 3.8) is 0 Å². The Morgan fingerprint density at radius 3 is 2.58 bits per heavy atom. The SMILES string of the molecule is CC1(C)CSCC(Nc2ccc(SC(F)F)cc2)C1. The zero-order valence-corrected chi connectivity index (χ0v) is 12.8. The number of benzene rings is 1. The number of nitrogens with one attached hydrogen (secondary N) is 1. The smallest absolute Gasteiger partial charge is 0.288 e. The van der Waals surface area contributed by atoms with E-state index in [0.29, 0.717) is 28.1 Å². The normalized spacial score (nSPS) is 22.5. The molecular formula is C14H19F2NS2. The van der Waals surface area contributed by atoms with Gasteiger partial charge in [0.25, 0.3) is 5.76 Å². The first kappa shape index (κ1) is 15.0. The summed E-state index contributed by atoms with van der Waals surface area (Å²) in [5.41, 5.74) is 1.38. The molecule has 2 rings (SSSR count). The standard InChI is InChI=1S/C14H19F2NS2/c1-14(2)7-11(8-18-9-14)17-10-3-5-12(6-4-10)19-13(15)16/h3-6,11,13,17H,7-9H2,1-2H3. The quantitative estimate of drug-likeness (QED) is 0.791. The lowest BCUT2D eigenvalue weighted by Gasteiger charge is -2.35. The Kier molecular flexibility index (Phi) is 5.01. The molecule has 19 heavy (non-hydrogen) atoms. The van der Waals surface area contributed by atoms with Crippen LogP contribution in [0.4, 0.5) is 14.5 Å². The second-order valence-corrected chi connectivity index (χ2v) is 7.72. The first-order valence-corrected chi connectivity index (χ1v) is 8.37. The molecule has 1 atom stereocenters. The van der Waals surface area contributed by atoms with E-state index in [1.54, 1.807) is 12.1 Å². The molecule has 1 N–H and O–H groups in total. The van der Waals surface area contributed by atoms with E-state index in [0.717, 1.165) is 17.9 Å². The summed E-state index contributed by atoms with van der Waals surface area (Å²) in [7, 11) is 0. The summed E-state index contributed by atoms with van der Waals surface area (Å²) in [5, 5.41) is 3.50. The van der Waals surface area contributed by atoms with Crippen LogP contribution in [0.15, 0.2) is 29.2 Å². The van der Waals surface area contributed by atoms with Gasteiger partial charge in [0.05, 0.1) is 0 Å². The Morgan fingerprint density at radius 1 is 1.32 bits per heavy atom. The molecule has 0 saturated carbocycles. The average molecular weight is 303 g/mol. The Labute approximate surface area is 121 Å². The molecule has 0 bridgehead atoms. The predicted octanol–water partition coefficient (Wildman–Crippen LogP) is 4.94. The fraction of sp³-hybridized carbons (Fsp3) is 0.571. The summed E-state index contributed by atoms with van der Waals surface area (Å²) in [5.74, 6) is -0.0408. The van der Waals surface area contributed by atoms with Crippen molar-refractivity contribution in [3.8, 4) is 0 Å². The van der Waals surface area contributed by atoms with Crippen LogP contribution in [0, 0.1) is 5.41 Å². The second-order valence-electron chi connectivity index (χ2n) is 5.63. The van der Waals surface area contributed by atoms with Gasteiger partial charge in [-0.05, 0) is 41.9 Å². The number of anilines is 1. The minimum Gasteiger partial charge on any atom is -0.381 e. The number of thioether (sulfide) groups is 2. The van der Waals surface area contributed by atoms with Gasteiger partial charge in [0.15, 0.2) is 0 Å². The first-order valence-electron chi connectivity index (χ1n) is 6.34. The lowest BCUT2D eigenvalue weighted by Crippen LogP contribution is -2.35. The largest absolute Gasteiger partial charge is 0.381 e. The summed E-state index contributed by atoms with van der Waals surface area (Å²) >= 11 is 2.56. The lowest BCUT2D eigenvalue weighted by atomic mass is 9.88. The summed E-state index contributed by atoms with van der Waals surface area (Å²) in [6, 6.07) is 7.73. The van der Waals surface area contributed by atoms with Gasteiger partial charge in [0, 0.05) is 22.4 Å². The Balaban J connectivity index is 1.92. The van der Waals surface area contributed by atoms with Crippen molar-refractivity contribution in [2.24, 2.45) is 5.41 Å². The molecule has 1 fully saturated rings. The zero-order valence-electron chi connectivity index (χ0n) is 11.2. The van der Waals surface area contributed by atoms with Crippen LogP contribution in [0.5, 0.6) is 0 Å². The predicted molar refractivity (Wildman–Crippen MR) is 81.4 cm³/mol. The van der Waals surface area contributed by atoms with Crippen LogP contribution in [-0.4, -0.2) is 23.3 Å². The number of hydrogen-bond acceptors (Lipinski definition) is 3. The molecule has 1 heterocycles. The Bertz CT molecular complexity index is 406. The monoisotopic (exact) mass is 303 g/mol. The molecule has 106 valence electrons. The van der Waals surface area contributed by atoms with Gasteiger partial charge in [0.2, 0.25) is 0 Å². The summed E-state index contributed by atoms with van der Waals surface area (Å²) < 4.78 is 24.4. The molecule has 1 unspecified atom stereocenters. The van der Waals surface area contributed by atoms with E-state index in [-0.39, 0.29) is 0 Å². The molecule has 5 heteroatoms. The molecule has 1 saturated heterocycles. The topological polar surface area (TPSA) is 12.0 Å². The van der Waals surface area contributed by atoms with Crippen LogP contribution >= 0.6 is 23.5 Å². The van der Waals surface area contributed by atoms with E-state index in [9.17, 15) is 8.78 Å². The molecule has 0 radical (unpaired) electrons. The van der Waals surface area contributed by atoms with Gasteiger partial charge in [-0.2, -0.15) is 20.5 Å². The van der Waals surface area contributed by atoms with E-state index >= 15 is 0 Å². The maximum absolute atomic E-state index is 12.2. The van der Waals surface area contributed by atoms with Crippen molar-refractivity contribution >= 4 is 29.2 Å². The van der Waals surface area contributed by atoms with E-state index < -0.39 is 5.76 Å². The third-order valence-electron chi connectivity index (χ3n) is 3.06. The van der Waals surface area contributed by atoms with Gasteiger partial charge in [-0.15, -0.1) is 0 Å². The molecule has 1 aromatic rings. The van der Waals surface area contributed by atoms with Gasteiger partial charge >= 0.3 is 0 Å². The molecule has 0 aliphatic carbocycles. The highest BCUT2D eigenvalue weighted by atomic mass is 32.2. The third-order valence-corrected chi connectivity index (χ3v) is 5.41. The molecule has 1 aliphatic rings. The fourth-order valence-electron chi connectivity index (χ4n) is 2.32. The zero-order chi connectivity index (χ0) is 13.9. The summed E-state index contributed by atoms with van der Waals surface area (Å²) in [6.45, 7) is 4.58. The number of hydrogen-bond donors (Lipinski definition) is 1. The highest BCUT2D eigenvalue weighted by molar-refractivity contribution is 7.99. The van der Waals surface area contributed by atoms with E-state index in [1.165, 1.54) is 5.75 Å². The fourth-order valence-corrected chi connectivity index (χ4v) is 4.10. The van der Waals surface area contributed by atoms with Gasteiger partial charge < -0.3 is 5.32 Å². The van der Waals surface area contributed by atoms with Gasteiger partial charge in [0.1, 0.15) is 0 Å². The highest BCUT2D eigenvalue weighted by Crippen LogP contribution is 2.35. The van der Waals surface area contributed by atoms with Crippen molar-refractivity contribution in [1.82, 2.24) is 0 Å². The first-order chi connectivity index (χ1) is 8.94. The minimum absolute atomic E-state index is 0.367. The second kappa shape index (κ2) is 6.35. The number of halogens is 2. The molecule has 1 nitrogen and oxygen atoms in total. The van der Waals surface area contributed by atoms with Crippen LogP contribution in [0.1, 0.15) is 20.3 Å². The van der Waals surface area contributed by atoms with Crippen molar-refractivity contribution in [3.05, 3.63) is 24.3 Å². The Morgan fingerprint density at radius 2 is 2.00 bits per heavy atom. The van der Waals surface area contributed by atoms with Crippen LogP contribution in [0.3, 0.4) is 0 Å². The maximum Gasteiger partial charge on any atom is 0.288 e. The highest BCUT2D eigenvalue weighted by Gasteiger charge is 2.28. The summed E-state index contributed by atoms with van der Waals surface area (Å²) in [6.07, 6.45) is 1.15. The van der Waals surface area contributed by atoms with Gasteiger partial charge in [-0.3, -0.25) is 0 Å². The van der Waals surface area contributed by atoms with Gasteiger partial charge in [-0.1, -0.05) is 25.6 Å². The van der Waals surface area contributed by atoms with Gasteiger partial charge in [-0.25, -0.2) is 0 Å². The van der Waals surface area contributed by atoms with Crippen LogP contribution in [0.2, 0.25) is 0 Å². The maximum atomic E-state index is 12.2. The number of rotatable bonds is 4. The average Bonchev–Trinajstić information content (AvgIpc) is 2.30. The molecule has 1 aliphatic heterocycles. The van der Waals surface area contributed by atoms with Crippen LogP contribution < -0.4 is 5.32 Å². The molecular weight excluding hydrogens is 284 g/mol. The van der Waals surface area contributed by atoms with Crippen molar-refractivity contribution in [1.29, 1.82) is 0 Å². The number of alkyl halides is 2. The van der Waals surface area contributed by atoms with Crippen molar-refractivity contribution in [2.45, 2.75) is 37.0 Å². The van der Waals surface area contributed by atoms with E-state index in [2.05, 4.69) is 19.2 Å². The Hall–Kier alpha value is -0.420. The third kappa shape index (κ3) is 4.88. The van der Waals surface area contributed by atoms with Crippen LogP contribution in [0.25, 0.3) is 0 Å². The lowest BCUT2D eigenvalue weighted by molar-refractivity contribution is 0.252. The molecule has 0 aromatic heterocycles.